The maximum absolute atomic E-state index is 5.34. The van der Waals surface area contributed by atoms with Crippen LogP contribution in [0.2, 0.25) is 0 Å². The van der Waals surface area contributed by atoms with Crippen LogP contribution in [-0.4, -0.2) is 13.7 Å². The molecule has 2 nitrogen and oxygen atoms in total. The summed E-state index contributed by atoms with van der Waals surface area (Å²) in [5, 5.41) is 3.65. The molecule has 0 fully saturated rings. The molecular weight excluding hydrogens is 302 g/mol. The van der Waals surface area contributed by atoms with Crippen molar-refractivity contribution in [1.82, 2.24) is 5.32 Å². The number of nitrogens with one attached hydrogen (secondary N) is 1. The van der Waals surface area contributed by atoms with Crippen LogP contribution in [0.25, 0.3) is 0 Å². The summed E-state index contributed by atoms with van der Waals surface area (Å²) in [6.07, 6.45) is 6.17. The molecule has 0 aliphatic carbocycles. The van der Waals surface area contributed by atoms with Crippen LogP contribution < -0.4 is 10.1 Å². The molecule has 1 aromatic carbocycles. The molecule has 0 spiro atoms. The first-order chi connectivity index (χ1) is 9.22. The maximum atomic E-state index is 5.34. The minimum absolute atomic E-state index is 0.413. The van der Waals surface area contributed by atoms with Gasteiger partial charge in [-0.05, 0) is 43.1 Å². The number of ether oxygens (including phenoxy) is 1. The number of hydrogen-bond donors (Lipinski definition) is 1. The molecule has 19 heavy (non-hydrogen) atoms. The van der Waals surface area contributed by atoms with E-state index in [0.29, 0.717) is 6.04 Å². The van der Waals surface area contributed by atoms with Crippen molar-refractivity contribution in [3.8, 4) is 5.75 Å². The van der Waals surface area contributed by atoms with Crippen molar-refractivity contribution in [3.05, 3.63) is 28.2 Å². The summed E-state index contributed by atoms with van der Waals surface area (Å²) in [5.74, 6) is 0.928. The van der Waals surface area contributed by atoms with E-state index in [9.17, 15) is 0 Å². The van der Waals surface area contributed by atoms with E-state index in [2.05, 4.69) is 47.2 Å². The van der Waals surface area contributed by atoms with Crippen LogP contribution in [0.3, 0.4) is 0 Å². The first kappa shape index (κ1) is 16.5. The molecule has 108 valence electrons. The number of halogens is 1. The fraction of sp³-hybridized carbons (Fsp3) is 0.625. The first-order valence-corrected chi connectivity index (χ1v) is 8.09. The van der Waals surface area contributed by atoms with Gasteiger partial charge >= 0.3 is 0 Å². The van der Waals surface area contributed by atoms with Crippen LogP contribution in [0.5, 0.6) is 5.75 Å². The highest BCUT2D eigenvalue weighted by Gasteiger charge is 2.14. The Hall–Kier alpha value is -0.540. The smallest absolute Gasteiger partial charge is 0.119 e. The molecule has 0 aromatic heterocycles. The van der Waals surface area contributed by atoms with Gasteiger partial charge in [0.05, 0.1) is 7.11 Å². The standard InChI is InChI=1S/C16H26BrNO/c1-4-6-7-8-16(18-11-5-2)14-12-13(19-3)9-10-15(14)17/h9-10,12,16,18H,4-8,11H2,1-3H3. The Morgan fingerprint density at radius 3 is 2.63 bits per heavy atom. The fourth-order valence-electron chi connectivity index (χ4n) is 2.20. The van der Waals surface area contributed by atoms with E-state index < -0.39 is 0 Å². The molecule has 0 saturated heterocycles. The van der Waals surface area contributed by atoms with Crippen molar-refractivity contribution >= 4 is 15.9 Å². The number of rotatable bonds is 9. The summed E-state index contributed by atoms with van der Waals surface area (Å²) in [7, 11) is 1.72. The zero-order valence-corrected chi connectivity index (χ0v) is 13.9. The third-order valence-electron chi connectivity index (χ3n) is 3.32. The van der Waals surface area contributed by atoms with Crippen molar-refractivity contribution in [3.63, 3.8) is 0 Å². The Labute approximate surface area is 126 Å². The van der Waals surface area contributed by atoms with E-state index in [0.717, 1.165) is 18.7 Å². The van der Waals surface area contributed by atoms with Gasteiger partial charge in [-0.15, -0.1) is 0 Å². The minimum atomic E-state index is 0.413. The molecule has 0 radical (unpaired) electrons. The van der Waals surface area contributed by atoms with Crippen molar-refractivity contribution in [2.75, 3.05) is 13.7 Å². The number of hydrogen-bond acceptors (Lipinski definition) is 2. The van der Waals surface area contributed by atoms with Crippen LogP contribution in [0.1, 0.15) is 57.6 Å². The second kappa shape index (κ2) is 9.38. The highest BCUT2D eigenvalue weighted by Crippen LogP contribution is 2.30. The van der Waals surface area contributed by atoms with E-state index in [1.165, 1.54) is 35.7 Å². The molecule has 0 bridgehead atoms. The van der Waals surface area contributed by atoms with E-state index >= 15 is 0 Å². The van der Waals surface area contributed by atoms with Crippen molar-refractivity contribution in [2.24, 2.45) is 0 Å². The maximum Gasteiger partial charge on any atom is 0.119 e. The largest absolute Gasteiger partial charge is 0.497 e. The zero-order chi connectivity index (χ0) is 14.1. The fourth-order valence-corrected chi connectivity index (χ4v) is 2.72. The minimum Gasteiger partial charge on any atom is -0.497 e. The third kappa shape index (κ3) is 5.53. The highest BCUT2D eigenvalue weighted by molar-refractivity contribution is 9.10. The van der Waals surface area contributed by atoms with Gasteiger partial charge in [-0.3, -0.25) is 0 Å². The Morgan fingerprint density at radius 2 is 2.00 bits per heavy atom. The summed E-state index contributed by atoms with van der Waals surface area (Å²) in [4.78, 5) is 0. The van der Waals surface area contributed by atoms with Gasteiger partial charge in [-0.25, -0.2) is 0 Å². The third-order valence-corrected chi connectivity index (χ3v) is 4.04. The first-order valence-electron chi connectivity index (χ1n) is 7.29. The van der Waals surface area contributed by atoms with Crippen molar-refractivity contribution in [1.29, 1.82) is 0 Å². The van der Waals surface area contributed by atoms with Crippen LogP contribution in [0, 0.1) is 0 Å². The summed E-state index contributed by atoms with van der Waals surface area (Å²) in [6, 6.07) is 6.63. The van der Waals surface area contributed by atoms with Crippen molar-refractivity contribution in [2.45, 2.75) is 52.0 Å². The van der Waals surface area contributed by atoms with Gasteiger partial charge in [-0.2, -0.15) is 0 Å². The average Bonchev–Trinajstić information content (AvgIpc) is 2.43. The van der Waals surface area contributed by atoms with Crippen LogP contribution in [-0.2, 0) is 0 Å². The molecule has 0 aliphatic heterocycles. The van der Waals surface area contributed by atoms with E-state index in [1.807, 2.05) is 6.07 Å². The molecular formula is C16H26BrNO. The van der Waals surface area contributed by atoms with Crippen molar-refractivity contribution < 1.29 is 4.74 Å². The van der Waals surface area contributed by atoms with E-state index in [4.69, 9.17) is 4.74 Å². The summed E-state index contributed by atoms with van der Waals surface area (Å²) in [6.45, 7) is 5.51. The second-order valence-corrected chi connectivity index (χ2v) is 5.74. The van der Waals surface area contributed by atoms with Gasteiger partial charge in [0, 0.05) is 10.5 Å². The van der Waals surface area contributed by atoms with Crippen LogP contribution >= 0.6 is 15.9 Å². The molecule has 1 aromatic rings. The quantitative estimate of drug-likeness (QED) is 0.638. The Balaban J connectivity index is 2.81. The zero-order valence-electron chi connectivity index (χ0n) is 12.3. The monoisotopic (exact) mass is 327 g/mol. The number of benzene rings is 1. The summed E-state index contributed by atoms with van der Waals surface area (Å²) in [5.41, 5.74) is 1.31. The summed E-state index contributed by atoms with van der Waals surface area (Å²) >= 11 is 3.67. The number of unbranched alkanes of at least 4 members (excludes halogenated alkanes) is 2. The number of methoxy groups -OCH3 is 1. The predicted octanol–water partition coefficient (Wildman–Crippen LogP) is 5.08. The lowest BCUT2D eigenvalue weighted by molar-refractivity contribution is 0.411. The van der Waals surface area contributed by atoms with Gasteiger partial charge in [0.1, 0.15) is 5.75 Å². The second-order valence-electron chi connectivity index (χ2n) is 4.89. The lowest BCUT2D eigenvalue weighted by Gasteiger charge is -2.21. The average molecular weight is 328 g/mol. The normalized spacial score (nSPS) is 12.4. The summed E-state index contributed by atoms with van der Waals surface area (Å²) < 4.78 is 6.51. The highest BCUT2D eigenvalue weighted by atomic mass is 79.9. The topological polar surface area (TPSA) is 21.3 Å². The van der Waals surface area contributed by atoms with E-state index in [-0.39, 0.29) is 0 Å². The Kier molecular flexibility index (Phi) is 8.15. The molecule has 0 amide bonds. The predicted molar refractivity (Wildman–Crippen MR) is 85.9 cm³/mol. The van der Waals surface area contributed by atoms with Gasteiger partial charge in [0.15, 0.2) is 0 Å². The Morgan fingerprint density at radius 1 is 1.21 bits per heavy atom. The molecule has 1 atom stereocenters. The van der Waals surface area contributed by atoms with E-state index in [1.54, 1.807) is 7.11 Å². The molecule has 0 heterocycles. The molecule has 3 heteroatoms. The van der Waals surface area contributed by atoms with Crippen LogP contribution in [0.15, 0.2) is 22.7 Å². The van der Waals surface area contributed by atoms with Gasteiger partial charge in [0.25, 0.3) is 0 Å². The van der Waals surface area contributed by atoms with Crippen LogP contribution in [0.4, 0.5) is 0 Å². The molecule has 0 aliphatic rings. The van der Waals surface area contributed by atoms with Gasteiger partial charge in [-0.1, -0.05) is 49.0 Å². The molecule has 1 rings (SSSR count). The van der Waals surface area contributed by atoms with Gasteiger partial charge < -0.3 is 10.1 Å². The molecule has 1 unspecified atom stereocenters. The lowest BCUT2D eigenvalue weighted by atomic mass is 10.00. The Bertz CT molecular complexity index is 368. The lowest BCUT2D eigenvalue weighted by Crippen LogP contribution is -2.22. The molecule has 1 N–H and O–H groups in total. The van der Waals surface area contributed by atoms with Gasteiger partial charge in [0.2, 0.25) is 0 Å². The molecule has 0 saturated carbocycles. The SMILES string of the molecule is CCCCCC(NCCC)c1cc(OC)ccc1Br.